The molecule has 2 fully saturated rings. The lowest BCUT2D eigenvalue weighted by Crippen LogP contribution is -2.29. The highest BCUT2D eigenvalue weighted by molar-refractivity contribution is 4.88. The molecule has 12 heavy (non-hydrogen) atoms. The molecule has 0 radical (unpaired) electrons. The van der Waals surface area contributed by atoms with Crippen molar-refractivity contribution in [2.45, 2.75) is 32.3 Å². The van der Waals surface area contributed by atoms with E-state index in [9.17, 15) is 5.11 Å². The highest BCUT2D eigenvalue weighted by atomic mass is 16.3. The standard InChI is InChI=1S/C10H19NO/c1-8(12)6-11-5-4-10(7-11)9-2-3-9/h8-10,12H,2-7H2,1H3. The summed E-state index contributed by atoms with van der Waals surface area (Å²) >= 11 is 0. The third-order valence-electron chi connectivity index (χ3n) is 3.12. The van der Waals surface area contributed by atoms with Gasteiger partial charge in [0.2, 0.25) is 0 Å². The van der Waals surface area contributed by atoms with Crippen molar-refractivity contribution in [1.82, 2.24) is 4.90 Å². The van der Waals surface area contributed by atoms with Gasteiger partial charge in [-0.1, -0.05) is 0 Å². The highest BCUT2D eigenvalue weighted by Crippen LogP contribution is 2.41. The van der Waals surface area contributed by atoms with Crippen LogP contribution >= 0.6 is 0 Å². The molecule has 0 bridgehead atoms. The van der Waals surface area contributed by atoms with E-state index in [1.54, 1.807) is 0 Å². The Morgan fingerprint density at radius 1 is 1.33 bits per heavy atom. The van der Waals surface area contributed by atoms with E-state index in [2.05, 4.69) is 4.90 Å². The van der Waals surface area contributed by atoms with Gasteiger partial charge in [-0.15, -0.1) is 0 Å². The molecule has 2 heteroatoms. The molecule has 1 N–H and O–H groups in total. The SMILES string of the molecule is CC(O)CN1CCC(C2CC2)C1. The van der Waals surface area contributed by atoms with E-state index >= 15 is 0 Å². The van der Waals surface area contributed by atoms with Crippen LogP contribution in [0.25, 0.3) is 0 Å². The van der Waals surface area contributed by atoms with E-state index in [-0.39, 0.29) is 6.10 Å². The second kappa shape index (κ2) is 3.35. The number of nitrogens with zero attached hydrogens (tertiary/aromatic N) is 1. The molecule has 0 aromatic carbocycles. The van der Waals surface area contributed by atoms with Crippen molar-refractivity contribution in [2.24, 2.45) is 11.8 Å². The zero-order chi connectivity index (χ0) is 8.55. The second-order valence-electron chi connectivity index (χ2n) is 4.49. The van der Waals surface area contributed by atoms with Crippen molar-refractivity contribution in [2.75, 3.05) is 19.6 Å². The highest BCUT2D eigenvalue weighted by Gasteiger charge is 2.35. The van der Waals surface area contributed by atoms with Gasteiger partial charge >= 0.3 is 0 Å². The Labute approximate surface area is 74.6 Å². The van der Waals surface area contributed by atoms with Gasteiger partial charge in [0.05, 0.1) is 6.10 Å². The Hall–Kier alpha value is -0.0800. The molecule has 1 aliphatic heterocycles. The van der Waals surface area contributed by atoms with Crippen molar-refractivity contribution in [3.63, 3.8) is 0 Å². The molecule has 0 aromatic heterocycles. The molecular formula is C10H19NO. The van der Waals surface area contributed by atoms with Crippen LogP contribution in [-0.2, 0) is 0 Å². The molecule has 2 unspecified atom stereocenters. The first-order valence-corrected chi connectivity index (χ1v) is 5.16. The Bertz CT molecular complexity index is 154. The van der Waals surface area contributed by atoms with Gasteiger partial charge in [0.15, 0.2) is 0 Å². The van der Waals surface area contributed by atoms with Crippen LogP contribution in [0.3, 0.4) is 0 Å². The van der Waals surface area contributed by atoms with Crippen LogP contribution < -0.4 is 0 Å². The van der Waals surface area contributed by atoms with E-state index in [4.69, 9.17) is 0 Å². The minimum Gasteiger partial charge on any atom is -0.392 e. The fourth-order valence-corrected chi connectivity index (χ4v) is 2.35. The first-order chi connectivity index (χ1) is 5.75. The van der Waals surface area contributed by atoms with Gasteiger partial charge in [-0.05, 0) is 44.6 Å². The number of aliphatic hydroxyl groups excluding tert-OH is 1. The second-order valence-corrected chi connectivity index (χ2v) is 4.49. The van der Waals surface area contributed by atoms with Crippen LogP contribution in [0.2, 0.25) is 0 Å². The number of β-amino-alcohol motifs (C(OH)–C–C–N with tert-alkyl or cyclic N) is 1. The van der Waals surface area contributed by atoms with Gasteiger partial charge in [-0.3, -0.25) is 0 Å². The Morgan fingerprint density at radius 2 is 2.08 bits per heavy atom. The van der Waals surface area contributed by atoms with Gasteiger partial charge in [0, 0.05) is 13.1 Å². The average molecular weight is 169 g/mol. The molecule has 2 aliphatic rings. The lowest BCUT2D eigenvalue weighted by atomic mass is 10.0. The minimum absolute atomic E-state index is 0.150. The quantitative estimate of drug-likeness (QED) is 0.684. The van der Waals surface area contributed by atoms with Crippen molar-refractivity contribution in [1.29, 1.82) is 0 Å². The average Bonchev–Trinajstić information content (AvgIpc) is 2.73. The first-order valence-electron chi connectivity index (χ1n) is 5.16. The topological polar surface area (TPSA) is 23.5 Å². The van der Waals surface area contributed by atoms with Crippen LogP contribution in [0.1, 0.15) is 26.2 Å². The molecule has 1 heterocycles. The first kappa shape index (κ1) is 8.52. The summed E-state index contributed by atoms with van der Waals surface area (Å²) in [6.45, 7) is 5.22. The molecule has 2 nitrogen and oxygen atoms in total. The molecule has 2 atom stereocenters. The molecular weight excluding hydrogens is 150 g/mol. The van der Waals surface area contributed by atoms with Crippen LogP contribution in [0.4, 0.5) is 0 Å². The van der Waals surface area contributed by atoms with Crippen LogP contribution in [0.15, 0.2) is 0 Å². The fraction of sp³-hybridized carbons (Fsp3) is 1.00. The number of rotatable bonds is 3. The van der Waals surface area contributed by atoms with Gasteiger partial charge in [0.25, 0.3) is 0 Å². The summed E-state index contributed by atoms with van der Waals surface area (Å²) in [5, 5.41) is 9.21. The van der Waals surface area contributed by atoms with E-state index in [1.807, 2.05) is 6.92 Å². The van der Waals surface area contributed by atoms with Gasteiger partial charge < -0.3 is 10.0 Å². The maximum absolute atomic E-state index is 9.21. The fourth-order valence-electron chi connectivity index (χ4n) is 2.35. The Balaban J connectivity index is 1.73. The van der Waals surface area contributed by atoms with Gasteiger partial charge in [-0.2, -0.15) is 0 Å². The van der Waals surface area contributed by atoms with Gasteiger partial charge in [-0.25, -0.2) is 0 Å². The maximum atomic E-state index is 9.21. The Morgan fingerprint density at radius 3 is 2.67 bits per heavy atom. The monoisotopic (exact) mass is 169 g/mol. The number of aliphatic hydroxyl groups is 1. The van der Waals surface area contributed by atoms with E-state index in [0.29, 0.717) is 0 Å². The molecule has 0 aromatic rings. The van der Waals surface area contributed by atoms with E-state index < -0.39 is 0 Å². The predicted molar refractivity (Wildman–Crippen MR) is 49.0 cm³/mol. The van der Waals surface area contributed by atoms with Crippen LogP contribution in [-0.4, -0.2) is 35.7 Å². The summed E-state index contributed by atoms with van der Waals surface area (Å²) in [4.78, 5) is 2.41. The summed E-state index contributed by atoms with van der Waals surface area (Å²) < 4.78 is 0. The van der Waals surface area contributed by atoms with Crippen molar-refractivity contribution in [3.8, 4) is 0 Å². The maximum Gasteiger partial charge on any atom is 0.0639 e. The number of hydrogen-bond donors (Lipinski definition) is 1. The van der Waals surface area contributed by atoms with E-state index in [1.165, 1.54) is 32.4 Å². The van der Waals surface area contributed by atoms with Crippen molar-refractivity contribution < 1.29 is 5.11 Å². The van der Waals surface area contributed by atoms with Gasteiger partial charge in [0.1, 0.15) is 0 Å². The number of likely N-dealkylation sites (tertiary alicyclic amines) is 1. The summed E-state index contributed by atoms with van der Waals surface area (Å²) in [6, 6.07) is 0. The van der Waals surface area contributed by atoms with Crippen molar-refractivity contribution in [3.05, 3.63) is 0 Å². The molecule has 1 aliphatic carbocycles. The smallest absolute Gasteiger partial charge is 0.0639 e. The largest absolute Gasteiger partial charge is 0.392 e. The third-order valence-corrected chi connectivity index (χ3v) is 3.12. The molecule has 70 valence electrons. The molecule has 1 saturated heterocycles. The molecule has 1 saturated carbocycles. The normalized spacial score (nSPS) is 34.0. The number of hydrogen-bond acceptors (Lipinski definition) is 2. The lowest BCUT2D eigenvalue weighted by molar-refractivity contribution is 0.138. The minimum atomic E-state index is -0.150. The molecule has 0 spiro atoms. The third kappa shape index (κ3) is 1.99. The Kier molecular flexibility index (Phi) is 2.37. The summed E-state index contributed by atoms with van der Waals surface area (Å²) in [7, 11) is 0. The zero-order valence-corrected chi connectivity index (χ0v) is 7.87. The summed E-state index contributed by atoms with van der Waals surface area (Å²) in [6.07, 6.45) is 4.15. The zero-order valence-electron chi connectivity index (χ0n) is 7.87. The van der Waals surface area contributed by atoms with Crippen LogP contribution in [0.5, 0.6) is 0 Å². The molecule has 0 amide bonds. The van der Waals surface area contributed by atoms with Crippen LogP contribution in [0, 0.1) is 11.8 Å². The van der Waals surface area contributed by atoms with Crippen molar-refractivity contribution >= 4 is 0 Å². The summed E-state index contributed by atoms with van der Waals surface area (Å²) in [5.74, 6) is 2.01. The molecule has 2 rings (SSSR count). The predicted octanol–water partition coefficient (Wildman–Crippen LogP) is 1.10. The lowest BCUT2D eigenvalue weighted by Gasteiger charge is -2.17. The summed E-state index contributed by atoms with van der Waals surface area (Å²) in [5.41, 5.74) is 0. The van der Waals surface area contributed by atoms with E-state index in [0.717, 1.165) is 18.4 Å².